The summed E-state index contributed by atoms with van der Waals surface area (Å²) in [4.78, 5) is 5.00. The van der Waals surface area contributed by atoms with Gasteiger partial charge in [0.25, 0.3) is 0 Å². The molecule has 0 aromatic heterocycles. The molecule has 3 aromatic rings. The molecule has 0 saturated carbocycles. The average molecular weight is 551 g/mol. The van der Waals surface area contributed by atoms with E-state index in [9.17, 15) is 0 Å². The van der Waals surface area contributed by atoms with Gasteiger partial charge in [0.05, 0.1) is 0 Å². The molecule has 194 valence electrons. The smallest absolute Gasteiger partial charge is 0.475 e. The van der Waals surface area contributed by atoms with E-state index in [1.165, 1.54) is 41.0 Å². The Labute approximate surface area is 236 Å². The Hall–Kier alpha value is -2.44. The summed E-state index contributed by atoms with van der Waals surface area (Å²) in [7, 11) is -0.505. The molecule has 1 heterocycles. The van der Waals surface area contributed by atoms with E-state index in [0.717, 1.165) is 18.7 Å². The van der Waals surface area contributed by atoms with Crippen LogP contribution in [0.5, 0.6) is 0 Å². The van der Waals surface area contributed by atoms with Crippen molar-refractivity contribution in [3.8, 4) is 0 Å². The van der Waals surface area contributed by atoms with Crippen LogP contribution in [0.15, 0.2) is 120 Å². The summed E-state index contributed by atoms with van der Waals surface area (Å²) in [5, 5.41) is 2.84. The van der Waals surface area contributed by atoms with Crippen LogP contribution in [0.4, 0.5) is 0 Å². The van der Waals surface area contributed by atoms with Crippen molar-refractivity contribution >= 4 is 24.4 Å². The quantitative estimate of drug-likeness (QED) is 0.136. The molecular weight excluding hydrogens is 513 g/mol. The minimum atomic E-state index is -0.505. The van der Waals surface area contributed by atoms with Crippen molar-refractivity contribution in [2.75, 3.05) is 6.61 Å². The Balaban J connectivity index is 0.000000542. The van der Waals surface area contributed by atoms with Gasteiger partial charge in [0.15, 0.2) is 0 Å². The van der Waals surface area contributed by atoms with Crippen LogP contribution >= 0.6 is 7.92 Å². The van der Waals surface area contributed by atoms with Crippen LogP contribution in [0.2, 0.25) is 0 Å². The molecule has 3 aromatic carbocycles. The third-order valence-corrected chi connectivity index (χ3v) is 9.40. The topological polar surface area (TPSA) is 21.6 Å². The van der Waals surface area contributed by atoms with Gasteiger partial charge in [-0.15, -0.1) is 0 Å². The second-order valence-electron chi connectivity index (χ2n) is 8.87. The monoisotopic (exact) mass is 551 g/mol. The molecule has 0 N–H and O–H groups in total. The van der Waals surface area contributed by atoms with E-state index >= 15 is 0 Å². The standard InChI is InChI=1S/C26H24NOP.C5H8.2CH3.Fe/c1-4-11-20(12-5-1)24-19-28-26(27-24)23-17-10-18-25(23)29(21-13-6-2-7-14-21)22-15-8-3-9-16-22;1-2-4-5-3-1;;;/h1-9,11-17,24-25H,10,18-19H2;1-2H,3-5H2;2*1H3;/q;;2*-1;+2. The number of aliphatic imine (C=N–C) groups is 1. The van der Waals surface area contributed by atoms with Gasteiger partial charge in [0, 0.05) is 11.2 Å². The maximum absolute atomic E-state index is 6.15. The molecule has 6 rings (SSSR count). The normalized spacial score (nSPS) is 19.3. The fourth-order valence-corrected chi connectivity index (χ4v) is 7.75. The van der Waals surface area contributed by atoms with Crippen molar-refractivity contribution in [2.45, 2.75) is 43.8 Å². The predicted octanol–water partition coefficient (Wildman–Crippen LogP) is 8.00. The maximum Gasteiger partial charge on any atom is 2.00 e. The van der Waals surface area contributed by atoms with Crippen LogP contribution in [0, 0.1) is 14.9 Å². The molecule has 0 amide bonds. The summed E-state index contributed by atoms with van der Waals surface area (Å²) in [5.74, 6) is 0.862. The van der Waals surface area contributed by atoms with Gasteiger partial charge in [0.1, 0.15) is 12.6 Å². The van der Waals surface area contributed by atoms with E-state index in [4.69, 9.17) is 9.73 Å². The van der Waals surface area contributed by atoms with E-state index in [1.807, 2.05) is 6.07 Å². The second kappa shape index (κ2) is 15.7. The second-order valence-corrected chi connectivity index (χ2v) is 11.3. The number of allylic oxidation sites excluding steroid dienone is 3. The van der Waals surface area contributed by atoms with Crippen molar-refractivity contribution in [1.29, 1.82) is 0 Å². The molecule has 2 aliphatic carbocycles. The molecule has 1 aliphatic heterocycles. The molecular formula is C33H38FeNOP. The van der Waals surface area contributed by atoms with Gasteiger partial charge in [-0.3, -0.25) is 0 Å². The van der Waals surface area contributed by atoms with Crippen LogP contribution in [-0.4, -0.2) is 18.2 Å². The molecule has 3 aliphatic rings. The summed E-state index contributed by atoms with van der Waals surface area (Å²) < 4.78 is 6.15. The first-order valence-electron chi connectivity index (χ1n) is 12.4. The molecule has 2 nitrogen and oxygen atoms in total. The number of ether oxygens (including phenoxy) is 1. The summed E-state index contributed by atoms with van der Waals surface area (Å²) in [5.41, 5.74) is 2.98. The molecule has 0 fully saturated rings. The summed E-state index contributed by atoms with van der Waals surface area (Å²) in [6, 6.07) is 32.5. The largest absolute Gasteiger partial charge is 2.00 e. The van der Waals surface area contributed by atoms with Crippen molar-refractivity contribution in [2.24, 2.45) is 4.99 Å². The Morgan fingerprint density at radius 2 is 1.24 bits per heavy atom. The van der Waals surface area contributed by atoms with E-state index in [0.29, 0.717) is 12.3 Å². The first-order valence-corrected chi connectivity index (χ1v) is 13.8. The summed E-state index contributed by atoms with van der Waals surface area (Å²) in [6.07, 6.45) is 13.1. The van der Waals surface area contributed by atoms with Crippen LogP contribution in [0.1, 0.15) is 43.7 Å². The first-order chi connectivity index (χ1) is 16.9. The van der Waals surface area contributed by atoms with E-state index in [1.54, 1.807) is 0 Å². The van der Waals surface area contributed by atoms with Crippen LogP contribution in [-0.2, 0) is 21.8 Å². The maximum atomic E-state index is 6.15. The van der Waals surface area contributed by atoms with Gasteiger partial charge in [0.2, 0.25) is 5.90 Å². The van der Waals surface area contributed by atoms with Crippen LogP contribution in [0.3, 0.4) is 0 Å². The zero-order chi connectivity index (χ0) is 23.0. The van der Waals surface area contributed by atoms with Crippen molar-refractivity contribution in [3.05, 3.63) is 135 Å². The molecule has 0 spiro atoms. The summed E-state index contributed by atoms with van der Waals surface area (Å²) in [6.45, 7) is 0.637. The number of hydrogen-bond acceptors (Lipinski definition) is 2. The fraction of sp³-hybridized carbons (Fsp3) is 0.242. The van der Waals surface area contributed by atoms with Gasteiger partial charge in [-0.2, -0.15) is 0 Å². The predicted molar refractivity (Wildman–Crippen MR) is 159 cm³/mol. The van der Waals surface area contributed by atoms with Crippen molar-refractivity contribution in [1.82, 2.24) is 0 Å². The number of nitrogens with zero attached hydrogens (tertiary/aromatic N) is 1. The van der Waals surface area contributed by atoms with Gasteiger partial charge in [-0.05, 0) is 56.2 Å². The average Bonchev–Trinajstić information content (AvgIpc) is 3.70. The molecule has 2 unspecified atom stereocenters. The van der Waals surface area contributed by atoms with Crippen LogP contribution < -0.4 is 10.6 Å². The SMILES string of the molecule is C1=C(C2=NC(c3ccccc3)CO2)C(P(c2ccccc2)c2ccccc2)CC1.C1=CCCC1.[CH3-].[CH3-].[Fe+2]. The minimum Gasteiger partial charge on any atom is -0.475 e. The van der Waals surface area contributed by atoms with Crippen molar-refractivity contribution < 1.29 is 21.8 Å². The third kappa shape index (κ3) is 7.78. The van der Waals surface area contributed by atoms with E-state index < -0.39 is 7.92 Å². The van der Waals surface area contributed by atoms with Gasteiger partial charge in [-0.1, -0.05) is 109 Å². The number of hydrogen-bond donors (Lipinski definition) is 0. The Morgan fingerprint density at radius 3 is 1.76 bits per heavy atom. The summed E-state index contributed by atoms with van der Waals surface area (Å²) >= 11 is 0. The van der Waals surface area contributed by atoms with Crippen molar-refractivity contribution in [3.63, 3.8) is 0 Å². The fourth-order valence-electron chi connectivity index (χ4n) is 4.84. The zero-order valence-electron chi connectivity index (χ0n) is 21.9. The molecule has 2 atom stereocenters. The first kappa shape index (κ1) is 30.8. The Kier molecular flexibility index (Phi) is 13.1. The van der Waals surface area contributed by atoms with Gasteiger partial charge < -0.3 is 19.6 Å². The molecule has 0 radical (unpaired) electrons. The Bertz CT molecular complexity index is 1100. The van der Waals surface area contributed by atoms with Crippen LogP contribution in [0.25, 0.3) is 0 Å². The molecule has 4 heteroatoms. The molecule has 37 heavy (non-hydrogen) atoms. The van der Waals surface area contributed by atoms with Gasteiger partial charge in [-0.25, -0.2) is 4.99 Å². The minimum absolute atomic E-state index is 0. The zero-order valence-corrected chi connectivity index (χ0v) is 23.9. The molecule has 0 saturated heterocycles. The number of rotatable bonds is 5. The van der Waals surface area contributed by atoms with E-state index in [2.05, 4.69) is 103 Å². The van der Waals surface area contributed by atoms with E-state index in [-0.39, 0.29) is 38.0 Å². The van der Waals surface area contributed by atoms with Gasteiger partial charge >= 0.3 is 17.1 Å². The third-order valence-electron chi connectivity index (χ3n) is 6.53. The molecule has 0 bridgehead atoms. The Morgan fingerprint density at radius 1 is 0.703 bits per heavy atom. The number of benzene rings is 3.